The third-order valence-corrected chi connectivity index (χ3v) is 2.47. The Labute approximate surface area is 90.5 Å². The molecule has 0 atom stereocenters. The van der Waals surface area contributed by atoms with E-state index in [1.54, 1.807) is 7.11 Å². The molecule has 0 aromatic rings. The highest BCUT2D eigenvalue weighted by Crippen LogP contribution is 2.27. The molecule has 0 bridgehead atoms. The fourth-order valence-corrected chi connectivity index (χ4v) is 1.62. The minimum Gasteiger partial charge on any atom is -0.478 e. The van der Waals surface area contributed by atoms with Crippen LogP contribution in [0.3, 0.4) is 0 Å². The summed E-state index contributed by atoms with van der Waals surface area (Å²) >= 11 is 0. The fourth-order valence-electron chi connectivity index (χ4n) is 1.62. The average Bonchev–Trinajstić information content (AvgIpc) is 2.93. The summed E-state index contributed by atoms with van der Waals surface area (Å²) in [6, 6.07) is 0.636. The number of methoxy groups -OCH3 is 1. The summed E-state index contributed by atoms with van der Waals surface area (Å²) in [6.07, 6.45) is 3.73. The summed E-state index contributed by atoms with van der Waals surface area (Å²) < 4.78 is 5.04. The van der Waals surface area contributed by atoms with Crippen LogP contribution in [0.2, 0.25) is 0 Å². The lowest BCUT2D eigenvalue weighted by Gasteiger charge is -2.21. The first-order valence-electron chi connectivity index (χ1n) is 5.26. The Morgan fingerprint density at radius 1 is 1.60 bits per heavy atom. The topological polar surface area (TPSA) is 49.8 Å². The second-order valence-corrected chi connectivity index (χ2v) is 4.02. The van der Waals surface area contributed by atoms with E-state index in [0.29, 0.717) is 12.6 Å². The number of ether oxygens (including phenoxy) is 1. The predicted octanol–water partition coefficient (Wildman–Crippen LogP) is 1.13. The van der Waals surface area contributed by atoms with Gasteiger partial charge in [-0.15, -0.1) is 0 Å². The Kier molecular flexibility index (Phi) is 4.78. The highest BCUT2D eigenvalue weighted by atomic mass is 16.5. The summed E-state index contributed by atoms with van der Waals surface area (Å²) in [7, 11) is 1.69. The van der Waals surface area contributed by atoms with Crippen LogP contribution >= 0.6 is 0 Å². The van der Waals surface area contributed by atoms with Crippen molar-refractivity contribution in [2.45, 2.75) is 25.8 Å². The third kappa shape index (κ3) is 4.95. The van der Waals surface area contributed by atoms with Gasteiger partial charge in [0.1, 0.15) is 0 Å². The quantitative estimate of drug-likeness (QED) is 0.644. The molecule has 0 aromatic carbocycles. The van der Waals surface area contributed by atoms with Crippen molar-refractivity contribution in [3.63, 3.8) is 0 Å². The molecule has 4 nitrogen and oxygen atoms in total. The molecule has 1 N–H and O–H groups in total. The maximum absolute atomic E-state index is 10.5. The SMILES string of the molecule is COCCN(CC(C)=CC(=O)O)C1CC1. The van der Waals surface area contributed by atoms with Crippen molar-refractivity contribution in [2.24, 2.45) is 0 Å². The molecule has 0 heterocycles. The van der Waals surface area contributed by atoms with E-state index in [0.717, 1.165) is 18.7 Å². The van der Waals surface area contributed by atoms with Crippen LogP contribution in [0, 0.1) is 0 Å². The molecule has 0 unspecified atom stereocenters. The summed E-state index contributed by atoms with van der Waals surface area (Å²) in [6.45, 7) is 4.18. The van der Waals surface area contributed by atoms with Gasteiger partial charge in [-0.3, -0.25) is 4.90 Å². The van der Waals surface area contributed by atoms with E-state index in [-0.39, 0.29) is 0 Å². The van der Waals surface area contributed by atoms with Gasteiger partial charge in [0, 0.05) is 32.3 Å². The van der Waals surface area contributed by atoms with Crippen LogP contribution in [0.5, 0.6) is 0 Å². The first kappa shape index (κ1) is 12.2. The van der Waals surface area contributed by atoms with Crippen LogP contribution in [0.25, 0.3) is 0 Å². The zero-order chi connectivity index (χ0) is 11.3. The van der Waals surface area contributed by atoms with Gasteiger partial charge in [0.2, 0.25) is 0 Å². The first-order chi connectivity index (χ1) is 7.13. The molecule has 0 amide bonds. The zero-order valence-corrected chi connectivity index (χ0v) is 9.40. The molecule has 0 aromatic heterocycles. The fraction of sp³-hybridized carbons (Fsp3) is 0.727. The van der Waals surface area contributed by atoms with Crippen LogP contribution < -0.4 is 0 Å². The van der Waals surface area contributed by atoms with Crippen molar-refractivity contribution in [2.75, 3.05) is 26.8 Å². The van der Waals surface area contributed by atoms with E-state index >= 15 is 0 Å². The lowest BCUT2D eigenvalue weighted by Crippen LogP contribution is -2.31. The van der Waals surface area contributed by atoms with Gasteiger partial charge in [0.25, 0.3) is 0 Å². The van der Waals surface area contributed by atoms with Gasteiger partial charge < -0.3 is 9.84 Å². The van der Waals surface area contributed by atoms with E-state index in [1.165, 1.54) is 18.9 Å². The van der Waals surface area contributed by atoms with Crippen molar-refractivity contribution < 1.29 is 14.6 Å². The molecule has 0 saturated heterocycles. The molecule has 1 rings (SSSR count). The number of hydrogen-bond acceptors (Lipinski definition) is 3. The van der Waals surface area contributed by atoms with Crippen molar-refractivity contribution in [3.8, 4) is 0 Å². The molecule has 15 heavy (non-hydrogen) atoms. The number of hydrogen-bond donors (Lipinski definition) is 1. The molecule has 1 aliphatic rings. The largest absolute Gasteiger partial charge is 0.478 e. The molecule has 1 aliphatic carbocycles. The molecule has 1 fully saturated rings. The van der Waals surface area contributed by atoms with Crippen LogP contribution in [0.4, 0.5) is 0 Å². The molecular formula is C11H19NO3. The van der Waals surface area contributed by atoms with Crippen molar-refractivity contribution in [3.05, 3.63) is 11.6 Å². The third-order valence-electron chi connectivity index (χ3n) is 2.47. The lowest BCUT2D eigenvalue weighted by atomic mass is 10.2. The van der Waals surface area contributed by atoms with Crippen LogP contribution in [0.15, 0.2) is 11.6 Å². The zero-order valence-electron chi connectivity index (χ0n) is 9.40. The Morgan fingerprint density at radius 3 is 2.73 bits per heavy atom. The van der Waals surface area contributed by atoms with E-state index in [2.05, 4.69) is 4.90 Å². The van der Waals surface area contributed by atoms with Crippen LogP contribution in [-0.4, -0.2) is 48.8 Å². The highest BCUT2D eigenvalue weighted by Gasteiger charge is 2.28. The van der Waals surface area contributed by atoms with E-state index in [4.69, 9.17) is 9.84 Å². The Morgan fingerprint density at radius 2 is 2.27 bits per heavy atom. The number of carbonyl (C=O) groups is 1. The van der Waals surface area contributed by atoms with Gasteiger partial charge >= 0.3 is 5.97 Å². The van der Waals surface area contributed by atoms with Gasteiger partial charge in [-0.05, 0) is 19.8 Å². The van der Waals surface area contributed by atoms with Gasteiger partial charge in [-0.25, -0.2) is 4.79 Å². The van der Waals surface area contributed by atoms with Crippen LogP contribution in [-0.2, 0) is 9.53 Å². The van der Waals surface area contributed by atoms with Gasteiger partial charge in [0.05, 0.1) is 6.61 Å². The smallest absolute Gasteiger partial charge is 0.328 e. The monoisotopic (exact) mass is 213 g/mol. The maximum atomic E-state index is 10.5. The minimum atomic E-state index is -0.866. The van der Waals surface area contributed by atoms with Crippen molar-refractivity contribution in [1.82, 2.24) is 4.90 Å². The number of aliphatic carboxylic acids is 1. The maximum Gasteiger partial charge on any atom is 0.328 e. The summed E-state index contributed by atoms with van der Waals surface area (Å²) in [4.78, 5) is 12.8. The normalized spacial score (nSPS) is 17.1. The summed E-state index contributed by atoms with van der Waals surface area (Å²) in [5, 5.41) is 8.61. The number of carboxylic acid groups (broad SMARTS) is 1. The molecule has 0 radical (unpaired) electrons. The predicted molar refractivity (Wildman–Crippen MR) is 57.9 cm³/mol. The van der Waals surface area contributed by atoms with E-state index in [9.17, 15) is 4.79 Å². The summed E-state index contributed by atoms with van der Waals surface area (Å²) in [5.41, 5.74) is 0.894. The first-order valence-corrected chi connectivity index (χ1v) is 5.26. The standard InChI is InChI=1S/C11H19NO3/c1-9(7-11(13)14)8-12(5-6-15-2)10-3-4-10/h7,10H,3-6,8H2,1-2H3,(H,13,14). The Bertz CT molecular complexity index is 246. The van der Waals surface area contributed by atoms with Crippen molar-refractivity contribution in [1.29, 1.82) is 0 Å². The number of carboxylic acids is 1. The second-order valence-electron chi connectivity index (χ2n) is 4.02. The molecule has 4 heteroatoms. The van der Waals surface area contributed by atoms with Gasteiger partial charge in [0.15, 0.2) is 0 Å². The van der Waals surface area contributed by atoms with E-state index in [1.807, 2.05) is 6.92 Å². The molecule has 86 valence electrons. The number of rotatable bonds is 7. The Balaban J connectivity index is 2.39. The lowest BCUT2D eigenvalue weighted by molar-refractivity contribution is -0.131. The number of nitrogens with zero attached hydrogens (tertiary/aromatic N) is 1. The second kappa shape index (κ2) is 5.88. The summed E-state index contributed by atoms with van der Waals surface area (Å²) in [5.74, 6) is -0.866. The van der Waals surface area contributed by atoms with Gasteiger partial charge in [-0.2, -0.15) is 0 Å². The van der Waals surface area contributed by atoms with Gasteiger partial charge in [-0.1, -0.05) is 5.57 Å². The molecule has 0 aliphatic heterocycles. The van der Waals surface area contributed by atoms with Crippen molar-refractivity contribution >= 4 is 5.97 Å². The average molecular weight is 213 g/mol. The van der Waals surface area contributed by atoms with Crippen LogP contribution in [0.1, 0.15) is 19.8 Å². The minimum absolute atomic E-state index is 0.636. The molecule has 1 saturated carbocycles. The highest BCUT2D eigenvalue weighted by molar-refractivity contribution is 5.80. The molecular weight excluding hydrogens is 194 g/mol. The molecule has 0 spiro atoms. The van der Waals surface area contributed by atoms with E-state index < -0.39 is 5.97 Å². The Hall–Kier alpha value is -0.870.